The fourth-order valence-corrected chi connectivity index (χ4v) is 2.25. The summed E-state index contributed by atoms with van der Waals surface area (Å²) in [6.45, 7) is 1.81. The molecule has 1 aliphatic heterocycles. The number of carbonyl (C=O) groups is 1. The van der Waals surface area contributed by atoms with Crippen LogP contribution in [0.3, 0.4) is 0 Å². The van der Waals surface area contributed by atoms with Gasteiger partial charge in [0.05, 0.1) is 5.69 Å². The molecule has 2 N–H and O–H groups in total. The SMILES string of the molecule is O=C(N[C@H]1CCCNC1)c1cc(-c2ccccn2)no1. The Labute approximate surface area is 116 Å². The molecule has 104 valence electrons. The quantitative estimate of drug-likeness (QED) is 0.878. The van der Waals surface area contributed by atoms with E-state index in [4.69, 9.17) is 4.52 Å². The number of hydrogen-bond donors (Lipinski definition) is 2. The van der Waals surface area contributed by atoms with Crippen molar-refractivity contribution in [3.8, 4) is 11.4 Å². The van der Waals surface area contributed by atoms with Gasteiger partial charge >= 0.3 is 0 Å². The van der Waals surface area contributed by atoms with Crippen LogP contribution in [0.5, 0.6) is 0 Å². The molecule has 0 spiro atoms. The molecule has 1 saturated heterocycles. The van der Waals surface area contributed by atoms with Crippen molar-refractivity contribution in [3.63, 3.8) is 0 Å². The molecule has 2 aromatic heterocycles. The monoisotopic (exact) mass is 272 g/mol. The van der Waals surface area contributed by atoms with E-state index in [1.807, 2.05) is 18.2 Å². The highest BCUT2D eigenvalue weighted by atomic mass is 16.5. The van der Waals surface area contributed by atoms with Crippen LogP contribution in [-0.2, 0) is 0 Å². The number of carbonyl (C=O) groups excluding carboxylic acids is 1. The lowest BCUT2D eigenvalue weighted by atomic mass is 10.1. The predicted molar refractivity (Wildman–Crippen MR) is 73.1 cm³/mol. The van der Waals surface area contributed by atoms with E-state index in [0.29, 0.717) is 11.4 Å². The number of rotatable bonds is 3. The number of nitrogens with zero attached hydrogens (tertiary/aromatic N) is 2. The van der Waals surface area contributed by atoms with Crippen LogP contribution in [0.4, 0.5) is 0 Å². The fraction of sp³-hybridized carbons (Fsp3) is 0.357. The highest BCUT2D eigenvalue weighted by Gasteiger charge is 2.19. The topological polar surface area (TPSA) is 80.0 Å². The van der Waals surface area contributed by atoms with Crippen molar-refractivity contribution < 1.29 is 9.32 Å². The van der Waals surface area contributed by atoms with Crippen LogP contribution in [0, 0.1) is 0 Å². The van der Waals surface area contributed by atoms with E-state index in [1.54, 1.807) is 12.3 Å². The molecule has 20 heavy (non-hydrogen) atoms. The Morgan fingerprint density at radius 2 is 2.35 bits per heavy atom. The third kappa shape index (κ3) is 2.85. The molecule has 0 saturated carbocycles. The minimum atomic E-state index is -0.228. The van der Waals surface area contributed by atoms with Gasteiger partial charge in [0.1, 0.15) is 5.69 Å². The van der Waals surface area contributed by atoms with Gasteiger partial charge in [0.2, 0.25) is 5.76 Å². The van der Waals surface area contributed by atoms with E-state index in [-0.39, 0.29) is 17.7 Å². The van der Waals surface area contributed by atoms with Crippen molar-refractivity contribution in [2.45, 2.75) is 18.9 Å². The average molecular weight is 272 g/mol. The van der Waals surface area contributed by atoms with Gasteiger partial charge in [-0.25, -0.2) is 0 Å². The number of pyridine rings is 1. The van der Waals surface area contributed by atoms with Gasteiger partial charge in [-0.05, 0) is 31.5 Å². The minimum Gasteiger partial charge on any atom is -0.350 e. The Hall–Kier alpha value is -2.21. The van der Waals surface area contributed by atoms with Gasteiger partial charge in [0, 0.05) is 24.8 Å². The number of hydrogen-bond acceptors (Lipinski definition) is 5. The van der Waals surface area contributed by atoms with Crippen LogP contribution in [0.25, 0.3) is 11.4 Å². The number of piperidine rings is 1. The van der Waals surface area contributed by atoms with E-state index in [2.05, 4.69) is 20.8 Å². The first-order chi connectivity index (χ1) is 9.83. The van der Waals surface area contributed by atoms with E-state index in [0.717, 1.165) is 25.9 Å². The summed E-state index contributed by atoms with van der Waals surface area (Å²) in [7, 11) is 0. The zero-order valence-electron chi connectivity index (χ0n) is 11.0. The molecule has 1 amide bonds. The molecular weight excluding hydrogens is 256 g/mol. The summed E-state index contributed by atoms with van der Waals surface area (Å²) >= 11 is 0. The maximum Gasteiger partial charge on any atom is 0.290 e. The Balaban J connectivity index is 1.68. The predicted octanol–water partition coefficient (Wildman–Crippen LogP) is 1.22. The van der Waals surface area contributed by atoms with Crippen molar-refractivity contribution in [1.29, 1.82) is 0 Å². The van der Waals surface area contributed by atoms with Crippen molar-refractivity contribution >= 4 is 5.91 Å². The van der Waals surface area contributed by atoms with Crippen molar-refractivity contribution in [1.82, 2.24) is 20.8 Å². The first kappa shape index (κ1) is 12.8. The molecule has 2 aromatic rings. The summed E-state index contributed by atoms with van der Waals surface area (Å²) in [5.74, 6) is -0.00962. The van der Waals surface area contributed by atoms with E-state index >= 15 is 0 Å². The zero-order chi connectivity index (χ0) is 13.8. The second-order valence-electron chi connectivity index (χ2n) is 4.81. The Morgan fingerprint density at radius 1 is 1.40 bits per heavy atom. The lowest BCUT2D eigenvalue weighted by Gasteiger charge is -2.23. The van der Waals surface area contributed by atoms with Crippen molar-refractivity contribution in [2.24, 2.45) is 0 Å². The second-order valence-corrected chi connectivity index (χ2v) is 4.81. The maximum absolute atomic E-state index is 12.1. The average Bonchev–Trinajstić information content (AvgIpc) is 2.99. The molecule has 0 aromatic carbocycles. The summed E-state index contributed by atoms with van der Waals surface area (Å²) in [4.78, 5) is 16.2. The van der Waals surface area contributed by atoms with Gasteiger partial charge in [-0.1, -0.05) is 11.2 Å². The summed E-state index contributed by atoms with van der Waals surface area (Å²) in [6.07, 6.45) is 3.73. The largest absolute Gasteiger partial charge is 0.350 e. The van der Waals surface area contributed by atoms with Crippen LogP contribution in [0.1, 0.15) is 23.4 Å². The second kappa shape index (κ2) is 5.83. The van der Waals surface area contributed by atoms with Gasteiger partial charge in [-0.3, -0.25) is 9.78 Å². The summed E-state index contributed by atoms with van der Waals surface area (Å²) < 4.78 is 5.10. The molecular formula is C14H16N4O2. The van der Waals surface area contributed by atoms with Crippen LogP contribution in [0.2, 0.25) is 0 Å². The Kier molecular flexibility index (Phi) is 3.73. The van der Waals surface area contributed by atoms with E-state index in [1.165, 1.54) is 0 Å². The van der Waals surface area contributed by atoms with Gasteiger partial charge in [-0.15, -0.1) is 0 Å². The van der Waals surface area contributed by atoms with Gasteiger partial charge in [0.25, 0.3) is 5.91 Å². The molecule has 1 aliphatic rings. The first-order valence-corrected chi connectivity index (χ1v) is 6.72. The molecule has 3 rings (SSSR count). The van der Waals surface area contributed by atoms with Gasteiger partial charge in [0.15, 0.2) is 0 Å². The van der Waals surface area contributed by atoms with Crippen LogP contribution < -0.4 is 10.6 Å². The van der Waals surface area contributed by atoms with Crippen LogP contribution >= 0.6 is 0 Å². The molecule has 1 atom stereocenters. The lowest BCUT2D eigenvalue weighted by molar-refractivity contribution is 0.0893. The van der Waals surface area contributed by atoms with Crippen molar-refractivity contribution in [3.05, 3.63) is 36.2 Å². The molecule has 0 radical (unpaired) electrons. The number of amides is 1. The van der Waals surface area contributed by atoms with Crippen LogP contribution in [0.15, 0.2) is 35.0 Å². The van der Waals surface area contributed by atoms with Crippen LogP contribution in [-0.4, -0.2) is 35.2 Å². The molecule has 0 aliphatic carbocycles. The standard InChI is InChI=1S/C14H16N4O2/c19-14(17-10-4-3-6-15-9-10)13-8-12(18-20-13)11-5-1-2-7-16-11/h1-2,5,7-8,10,15H,3-4,6,9H2,(H,17,19)/t10-/m0/s1. The molecule has 3 heterocycles. The Bertz CT molecular complexity index is 576. The highest BCUT2D eigenvalue weighted by molar-refractivity contribution is 5.92. The summed E-state index contributed by atoms with van der Waals surface area (Å²) in [5.41, 5.74) is 1.26. The maximum atomic E-state index is 12.1. The van der Waals surface area contributed by atoms with E-state index < -0.39 is 0 Å². The third-order valence-corrected chi connectivity index (χ3v) is 3.29. The summed E-state index contributed by atoms with van der Waals surface area (Å²) in [5, 5.41) is 10.1. The first-order valence-electron chi connectivity index (χ1n) is 6.72. The lowest BCUT2D eigenvalue weighted by Crippen LogP contribution is -2.45. The smallest absolute Gasteiger partial charge is 0.290 e. The fourth-order valence-electron chi connectivity index (χ4n) is 2.25. The van der Waals surface area contributed by atoms with Crippen molar-refractivity contribution in [2.75, 3.05) is 13.1 Å². The minimum absolute atomic E-state index is 0.152. The third-order valence-electron chi connectivity index (χ3n) is 3.29. The molecule has 1 fully saturated rings. The van der Waals surface area contributed by atoms with E-state index in [9.17, 15) is 4.79 Å². The van der Waals surface area contributed by atoms with Gasteiger partial charge < -0.3 is 15.2 Å². The molecule has 6 nitrogen and oxygen atoms in total. The molecule has 0 bridgehead atoms. The van der Waals surface area contributed by atoms with Gasteiger partial charge in [-0.2, -0.15) is 0 Å². The zero-order valence-corrected chi connectivity index (χ0v) is 11.0. The Morgan fingerprint density at radius 3 is 3.10 bits per heavy atom. The number of nitrogens with one attached hydrogen (secondary N) is 2. The highest BCUT2D eigenvalue weighted by Crippen LogP contribution is 2.16. The molecule has 0 unspecified atom stereocenters. The summed E-state index contributed by atoms with van der Waals surface area (Å²) in [6, 6.07) is 7.29. The number of aromatic nitrogens is 2. The molecule has 6 heteroatoms. The normalized spacial score (nSPS) is 18.7.